The van der Waals surface area contributed by atoms with Crippen molar-refractivity contribution in [1.29, 1.82) is 10.8 Å². The highest BCUT2D eigenvalue weighted by Crippen LogP contribution is 2.00. The van der Waals surface area contributed by atoms with Crippen LogP contribution in [0, 0.1) is 10.8 Å². The minimum atomic E-state index is -0.431. The van der Waals surface area contributed by atoms with Crippen LogP contribution in [0.5, 0.6) is 0 Å². The molecular weight excluding hydrogens is 128 g/mol. The lowest BCUT2D eigenvalue weighted by Crippen LogP contribution is -2.10. The Kier molecular flexibility index (Phi) is 4.76. The molecular formula is C7H14N2O. The van der Waals surface area contributed by atoms with Crippen LogP contribution in [0.15, 0.2) is 0 Å². The van der Waals surface area contributed by atoms with Gasteiger partial charge in [-0.2, -0.15) is 0 Å². The highest BCUT2D eigenvalue weighted by molar-refractivity contribution is 5.78. The van der Waals surface area contributed by atoms with Gasteiger partial charge < -0.3 is 15.9 Å². The van der Waals surface area contributed by atoms with Crippen LogP contribution in [0.25, 0.3) is 0 Å². The van der Waals surface area contributed by atoms with Crippen molar-refractivity contribution >= 4 is 11.9 Å². The van der Waals surface area contributed by atoms with E-state index in [9.17, 15) is 0 Å². The zero-order chi connectivity index (χ0) is 7.98. The third-order valence-corrected chi connectivity index (χ3v) is 1.19. The monoisotopic (exact) mass is 142 g/mol. The van der Waals surface area contributed by atoms with Crippen LogP contribution >= 0.6 is 0 Å². The number of aliphatic hydroxyl groups is 1. The molecule has 0 rings (SSSR count). The SMILES string of the molecule is CC(=N)CC(O)CCC=N. The fraction of sp³-hybridized carbons (Fsp3) is 0.714. The Morgan fingerprint density at radius 1 is 1.70 bits per heavy atom. The first-order valence-electron chi connectivity index (χ1n) is 3.38. The van der Waals surface area contributed by atoms with Gasteiger partial charge in [-0.1, -0.05) is 0 Å². The van der Waals surface area contributed by atoms with Gasteiger partial charge in [0.15, 0.2) is 0 Å². The lowest BCUT2D eigenvalue weighted by atomic mass is 10.1. The number of nitrogens with one attached hydrogen (secondary N) is 2. The minimum absolute atomic E-state index is 0.431. The molecule has 0 aromatic carbocycles. The number of hydrogen-bond acceptors (Lipinski definition) is 3. The van der Waals surface area contributed by atoms with Crippen molar-refractivity contribution in [2.24, 2.45) is 0 Å². The lowest BCUT2D eigenvalue weighted by Gasteiger charge is -2.05. The summed E-state index contributed by atoms with van der Waals surface area (Å²) in [5, 5.41) is 22.8. The van der Waals surface area contributed by atoms with Gasteiger partial charge in [0.05, 0.1) is 6.10 Å². The summed E-state index contributed by atoms with van der Waals surface area (Å²) in [5.74, 6) is 0. The summed E-state index contributed by atoms with van der Waals surface area (Å²) in [6, 6.07) is 0. The summed E-state index contributed by atoms with van der Waals surface area (Å²) < 4.78 is 0. The molecule has 10 heavy (non-hydrogen) atoms. The molecule has 0 radical (unpaired) electrons. The van der Waals surface area contributed by atoms with Crippen LogP contribution in [-0.4, -0.2) is 23.1 Å². The average molecular weight is 142 g/mol. The molecule has 0 fully saturated rings. The first-order valence-corrected chi connectivity index (χ1v) is 3.38. The molecule has 58 valence electrons. The zero-order valence-electron chi connectivity index (χ0n) is 6.22. The van der Waals surface area contributed by atoms with E-state index in [-0.39, 0.29) is 0 Å². The van der Waals surface area contributed by atoms with Gasteiger partial charge >= 0.3 is 0 Å². The van der Waals surface area contributed by atoms with E-state index in [0.717, 1.165) is 0 Å². The number of hydrogen-bond donors (Lipinski definition) is 3. The first kappa shape index (κ1) is 9.30. The molecule has 0 spiro atoms. The second kappa shape index (κ2) is 5.11. The molecule has 0 aliphatic heterocycles. The number of aliphatic hydroxyl groups excluding tert-OH is 1. The third-order valence-electron chi connectivity index (χ3n) is 1.19. The van der Waals surface area contributed by atoms with Gasteiger partial charge in [-0.05, 0) is 26.0 Å². The Morgan fingerprint density at radius 2 is 2.30 bits per heavy atom. The largest absolute Gasteiger partial charge is 0.393 e. The van der Waals surface area contributed by atoms with E-state index in [4.69, 9.17) is 15.9 Å². The van der Waals surface area contributed by atoms with Gasteiger partial charge in [-0.15, -0.1) is 0 Å². The molecule has 0 bridgehead atoms. The normalized spacial score (nSPS) is 12.6. The van der Waals surface area contributed by atoms with Crippen LogP contribution in [0.1, 0.15) is 26.2 Å². The molecule has 0 aromatic heterocycles. The van der Waals surface area contributed by atoms with Crippen LogP contribution in [-0.2, 0) is 0 Å². The van der Waals surface area contributed by atoms with Crippen LogP contribution in [0.2, 0.25) is 0 Å². The summed E-state index contributed by atoms with van der Waals surface area (Å²) >= 11 is 0. The van der Waals surface area contributed by atoms with E-state index in [2.05, 4.69) is 0 Å². The fourth-order valence-corrected chi connectivity index (χ4v) is 0.731. The molecule has 3 nitrogen and oxygen atoms in total. The van der Waals surface area contributed by atoms with Crippen molar-refractivity contribution in [3.05, 3.63) is 0 Å². The predicted octanol–water partition coefficient (Wildman–Crippen LogP) is 1.21. The Labute approximate surface area is 61.1 Å². The van der Waals surface area contributed by atoms with Crippen molar-refractivity contribution < 1.29 is 5.11 Å². The number of rotatable bonds is 5. The van der Waals surface area contributed by atoms with Gasteiger partial charge in [0.25, 0.3) is 0 Å². The Balaban J connectivity index is 3.33. The van der Waals surface area contributed by atoms with E-state index < -0.39 is 6.10 Å². The van der Waals surface area contributed by atoms with Crippen molar-refractivity contribution in [1.82, 2.24) is 0 Å². The molecule has 0 aliphatic carbocycles. The minimum Gasteiger partial charge on any atom is -0.393 e. The van der Waals surface area contributed by atoms with Crippen molar-refractivity contribution in [3.8, 4) is 0 Å². The van der Waals surface area contributed by atoms with Gasteiger partial charge in [0.1, 0.15) is 0 Å². The Hall–Kier alpha value is -0.700. The van der Waals surface area contributed by atoms with E-state index in [1.54, 1.807) is 6.92 Å². The van der Waals surface area contributed by atoms with Crippen molar-refractivity contribution in [2.75, 3.05) is 0 Å². The van der Waals surface area contributed by atoms with Crippen LogP contribution < -0.4 is 0 Å². The molecule has 1 unspecified atom stereocenters. The molecule has 0 saturated carbocycles. The summed E-state index contributed by atoms with van der Waals surface area (Å²) in [4.78, 5) is 0. The summed E-state index contributed by atoms with van der Waals surface area (Å²) in [7, 11) is 0. The van der Waals surface area contributed by atoms with Gasteiger partial charge in [0.2, 0.25) is 0 Å². The predicted molar refractivity (Wildman–Crippen MR) is 42.0 cm³/mol. The lowest BCUT2D eigenvalue weighted by molar-refractivity contribution is 0.175. The van der Waals surface area contributed by atoms with Gasteiger partial charge in [0, 0.05) is 12.1 Å². The topological polar surface area (TPSA) is 67.9 Å². The second-order valence-electron chi connectivity index (χ2n) is 2.42. The van der Waals surface area contributed by atoms with E-state index in [1.165, 1.54) is 6.21 Å². The van der Waals surface area contributed by atoms with Gasteiger partial charge in [-0.3, -0.25) is 0 Å². The van der Waals surface area contributed by atoms with Crippen LogP contribution in [0.3, 0.4) is 0 Å². The molecule has 0 aromatic rings. The molecule has 0 amide bonds. The highest BCUT2D eigenvalue weighted by atomic mass is 16.3. The molecule has 0 aliphatic rings. The Bertz CT molecular complexity index is 123. The molecule has 3 heteroatoms. The first-order chi connectivity index (χ1) is 4.66. The quantitative estimate of drug-likeness (QED) is 0.496. The highest BCUT2D eigenvalue weighted by Gasteiger charge is 2.02. The maximum atomic E-state index is 9.11. The molecule has 3 N–H and O–H groups in total. The van der Waals surface area contributed by atoms with E-state index in [1.807, 2.05) is 0 Å². The summed E-state index contributed by atoms with van der Waals surface area (Å²) in [6.07, 6.45) is 2.49. The summed E-state index contributed by atoms with van der Waals surface area (Å²) in [5.41, 5.74) is 0.498. The fourth-order valence-electron chi connectivity index (χ4n) is 0.731. The van der Waals surface area contributed by atoms with E-state index in [0.29, 0.717) is 25.0 Å². The van der Waals surface area contributed by atoms with Crippen LogP contribution in [0.4, 0.5) is 0 Å². The third kappa shape index (κ3) is 5.44. The smallest absolute Gasteiger partial charge is 0.0595 e. The molecule has 0 heterocycles. The second-order valence-corrected chi connectivity index (χ2v) is 2.42. The van der Waals surface area contributed by atoms with Crippen molar-refractivity contribution in [3.63, 3.8) is 0 Å². The van der Waals surface area contributed by atoms with Gasteiger partial charge in [-0.25, -0.2) is 0 Å². The molecule has 0 saturated heterocycles. The molecule has 1 atom stereocenters. The maximum absolute atomic E-state index is 9.11. The Morgan fingerprint density at radius 3 is 2.70 bits per heavy atom. The standard InChI is InChI=1S/C7H14N2O/c1-6(9)5-7(10)3-2-4-8/h4,7-10H,2-3,5H2,1H3. The van der Waals surface area contributed by atoms with Crippen molar-refractivity contribution in [2.45, 2.75) is 32.3 Å². The summed E-state index contributed by atoms with van der Waals surface area (Å²) in [6.45, 7) is 1.67. The maximum Gasteiger partial charge on any atom is 0.0595 e. The van der Waals surface area contributed by atoms with E-state index >= 15 is 0 Å². The average Bonchev–Trinajstić information content (AvgIpc) is 1.82. The zero-order valence-corrected chi connectivity index (χ0v) is 6.22.